The van der Waals surface area contributed by atoms with Crippen molar-refractivity contribution in [1.29, 1.82) is 0 Å². The Morgan fingerprint density at radius 3 is 2.70 bits per heavy atom. The number of carbonyl (C=O) groups is 1. The van der Waals surface area contributed by atoms with Gasteiger partial charge < -0.3 is 9.47 Å². The smallest absolute Gasteiger partial charge is 0.305 e. The van der Waals surface area contributed by atoms with Crippen LogP contribution in [0.5, 0.6) is 5.75 Å². The summed E-state index contributed by atoms with van der Waals surface area (Å²) in [5.41, 5.74) is 1.00. The van der Waals surface area contributed by atoms with Crippen molar-refractivity contribution in [3.63, 3.8) is 0 Å². The number of unbranched alkanes of at least 4 members (excludes halogenated alkanes) is 1. The standard InChI is InChI=1S/C19H29ClO3/c1-4-6-8-16(5-2)14-23-19(21)9-7-12-22-18-11-10-17(20)13-15(18)3/h10-11,13,16H,4-9,12,14H2,1-3H3. The highest BCUT2D eigenvalue weighted by Gasteiger charge is 2.10. The minimum absolute atomic E-state index is 0.128. The first-order valence-corrected chi connectivity index (χ1v) is 8.99. The van der Waals surface area contributed by atoms with Crippen molar-refractivity contribution in [2.75, 3.05) is 13.2 Å². The van der Waals surface area contributed by atoms with Gasteiger partial charge in [0.25, 0.3) is 0 Å². The number of rotatable bonds is 11. The quantitative estimate of drug-likeness (QED) is 0.390. The van der Waals surface area contributed by atoms with Gasteiger partial charge in [0.1, 0.15) is 5.75 Å². The molecule has 0 fully saturated rings. The number of aryl methyl sites for hydroxylation is 1. The van der Waals surface area contributed by atoms with E-state index in [9.17, 15) is 4.79 Å². The summed E-state index contributed by atoms with van der Waals surface area (Å²) >= 11 is 5.91. The molecule has 0 aliphatic heterocycles. The van der Waals surface area contributed by atoms with Gasteiger partial charge in [-0.25, -0.2) is 0 Å². The lowest BCUT2D eigenvalue weighted by molar-refractivity contribution is -0.145. The Morgan fingerprint density at radius 2 is 2.04 bits per heavy atom. The summed E-state index contributed by atoms with van der Waals surface area (Å²) in [5, 5.41) is 0.701. The monoisotopic (exact) mass is 340 g/mol. The Hall–Kier alpha value is -1.22. The molecule has 0 saturated carbocycles. The first-order chi connectivity index (χ1) is 11.1. The molecule has 3 nitrogen and oxygen atoms in total. The number of halogens is 1. The van der Waals surface area contributed by atoms with Gasteiger partial charge in [0.15, 0.2) is 0 Å². The third-order valence-corrected chi connectivity index (χ3v) is 4.18. The number of esters is 1. The number of benzene rings is 1. The molecule has 0 aliphatic rings. The first-order valence-electron chi connectivity index (χ1n) is 8.61. The molecule has 4 heteroatoms. The molecule has 0 N–H and O–H groups in total. The van der Waals surface area contributed by atoms with E-state index in [-0.39, 0.29) is 5.97 Å². The number of hydrogen-bond acceptors (Lipinski definition) is 3. The summed E-state index contributed by atoms with van der Waals surface area (Å²) in [6, 6.07) is 5.53. The third kappa shape index (κ3) is 8.26. The molecule has 0 aliphatic carbocycles. The topological polar surface area (TPSA) is 35.5 Å². The highest BCUT2D eigenvalue weighted by atomic mass is 35.5. The van der Waals surface area contributed by atoms with Gasteiger partial charge in [-0.15, -0.1) is 0 Å². The van der Waals surface area contributed by atoms with E-state index >= 15 is 0 Å². The Balaban J connectivity index is 2.18. The van der Waals surface area contributed by atoms with Crippen molar-refractivity contribution in [3.05, 3.63) is 28.8 Å². The zero-order valence-corrected chi connectivity index (χ0v) is 15.3. The van der Waals surface area contributed by atoms with Crippen LogP contribution in [0, 0.1) is 12.8 Å². The van der Waals surface area contributed by atoms with Crippen LogP contribution < -0.4 is 4.74 Å². The van der Waals surface area contributed by atoms with E-state index in [1.54, 1.807) is 6.07 Å². The normalized spacial score (nSPS) is 12.0. The molecule has 0 aromatic heterocycles. The predicted molar refractivity (Wildman–Crippen MR) is 95.2 cm³/mol. The fourth-order valence-electron chi connectivity index (χ4n) is 2.35. The van der Waals surface area contributed by atoms with Gasteiger partial charge >= 0.3 is 5.97 Å². The minimum Gasteiger partial charge on any atom is -0.493 e. The van der Waals surface area contributed by atoms with E-state index in [1.165, 1.54) is 12.8 Å². The van der Waals surface area contributed by atoms with Gasteiger partial charge in [-0.3, -0.25) is 4.79 Å². The minimum atomic E-state index is -0.128. The molecule has 130 valence electrons. The lowest BCUT2D eigenvalue weighted by Gasteiger charge is -2.14. The van der Waals surface area contributed by atoms with Crippen LogP contribution in [0.2, 0.25) is 5.02 Å². The molecule has 0 amide bonds. The maximum Gasteiger partial charge on any atom is 0.305 e. The predicted octanol–water partition coefficient (Wildman–Crippen LogP) is 5.57. The molecule has 0 spiro atoms. The third-order valence-electron chi connectivity index (χ3n) is 3.94. The Bertz CT molecular complexity index is 474. The van der Waals surface area contributed by atoms with Crippen LogP contribution in [-0.4, -0.2) is 19.2 Å². The second kappa shape index (κ2) is 11.3. The number of hydrogen-bond donors (Lipinski definition) is 0. The van der Waals surface area contributed by atoms with Crippen LogP contribution in [0.15, 0.2) is 18.2 Å². The largest absolute Gasteiger partial charge is 0.493 e. The van der Waals surface area contributed by atoms with Gasteiger partial charge in [-0.1, -0.05) is 44.7 Å². The molecule has 1 aromatic rings. The van der Waals surface area contributed by atoms with Crippen LogP contribution in [-0.2, 0) is 9.53 Å². The van der Waals surface area contributed by atoms with Gasteiger partial charge in [0, 0.05) is 11.4 Å². The number of ether oxygens (including phenoxy) is 2. The maximum absolute atomic E-state index is 11.8. The highest BCUT2D eigenvalue weighted by Crippen LogP contribution is 2.22. The van der Waals surface area contributed by atoms with Crippen LogP contribution in [0.3, 0.4) is 0 Å². The van der Waals surface area contributed by atoms with Crippen molar-refractivity contribution >= 4 is 17.6 Å². The summed E-state index contributed by atoms with van der Waals surface area (Å²) in [6.07, 6.45) is 5.64. The molecule has 0 radical (unpaired) electrons. The Kier molecular flexibility index (Phi) is 9.77. The fourth-order valence-corrected chi connectivity index (χ4v) is 2.58. The van der Waals surface area contributed by atoms with Crippen molar-refractivity contribution in [2.24, 2.45) is 5.92 Å². The second-order valence-corrected chi connectivity index (χ2v) is 6.40. The summed E-state index contributed by atoms with van der Waals surface area (Å²) in [6.45, 7) is 7.34. The zero-order chi connectivity index (χ0) is 17.1. The van der Waals surface area contributed by atoms with Gasteiger partial charge in [-0.05, 0) is 49.4 Å². The molecule has 1 rings (SSSR count). The van der Waals surface area contributed by atoms with Crippen LogP contribution in [0.4, 0.5) is 0 Å². The van der Waals surface area contributed by atoms with E-state index in [0.717, 1.165) is 24.2 Å². The van der Waals surface area contributed by atoms with Crippen LogP contribution >= 0.6 is 11.6 Å². The Labute approximate surface area is 145 Å². The molecule has 1 aromatic carbocycles. The summed E-state index contributed by atoms with van der Waals surface area (Å²) in [4.78, 5) is 11.8. The van der Waals surface area contributed by atoms with Gasteiger partial charge in [0.05, 0.1) is 13.2 Å². The highest BCUT2D eigenvalue weighted by molar-refractivity contribution is 6.30. The molecule has 1 atom stereocenters. The summed E-state index contributed by atoms with van der Waals surface area (Å²) in [7, 11) is 0. The van der Waals surface area contributed by atoms with Gasteiger partial charge in [0.2, 0.25) is 0 Å². The fraction of sp³-hybridized carbons (Fsp3) is 0.632. The number of carbonyl (C=O) groups excluding carboxylic acids is 1. The van der Waals surface area contributed by atoms with Crippen molar-refractivity contribution in [2.45, 2.75) is 59.3 Å². The average Bonchev–Trinajstić information content (AvgIpc) is 2.53. The van der Waals surface area contributed by atoms with E-state index in [0.29, 0.717) is 37.0 Å². The molecule has 0 saturated heterocycles. The zero-order valence-electron chi connectivity index (χ0n) is 14.6. The van der Waals surface area contributed by atoms with Crippen molar-refractivity contribution in [3.8, 4) is 5.75 Å². The molecule has 0 heterocycles. The van der Waals surface area contributed by atoms with E-state index in [2.05, 4.69) is 13.8 Å². The average molecular weight is 341 g/mol. The second-order valence-electron chi connectivity index (χ2n) is 5.96. The molecule has 23 heavy (non-hydrogen) atoms. The molecular formula is C19H29ClO3. The maximum atomic E-state index is 11.8. The first kappa shape index (κ1) is 19.8. The van der Waals surface area contributed by atoms with E-state index in [4.69, 9.17) is 21.1 Å². The van der Waals surface area contributed by atoms with Crippen LogP contribution in [0.1, 0.15) is 57.9 Å². The lowest BCUT2D eigenvalue weighted by Crippen LogP contribution is -2.14. The van der Waals surface area contributed by atoms with E-state index < -0.39 is 0 Å². The van der Waals surface area contributed by atoms with Crippen molar-refractivity contribution in [1.82, 2.24) is 0 Å². The van der Waals surface area contributed by atoms with E-state index in [1.807, 2.05) is 19.1 Å². The summed E-state index contributed by atoms with van der Waals surface area (Å²) in [5.74, 6) is 1.18. The molecule has 1 unspecified atom stereocenters. The SMILES string of the molecule is CCCCC(CC)COC(=O)CCCOc1ccc(Cl)cc1C. The molecular weight excluding hydrogens is 312 g/mol. The van der Waals surface area contributed by atoms with Gasteiger partial charge in [-0.2, -0.15) is 0 Å². The lowest BCUT2D eigenvalue weighted by atomic mass is 10.0. The Morgan fingerprint density at radius 1 is 1.26 bits per heavy atom. The van der Waals surface area contributed by atoms with Crippen molar-refractivity contribution < 1.29 is 14.3 Å². The summed E-state index contributed by atoms with van der Waals surface area (Å²) < 4.78 is 11.0. The molecule has 0 bridgehead atoms. The van der Waals surface area contributed by atoms with Crippen LogP contribution in [0.25, 0.3) is 0 Å².